The Bertz CT molecular complexity index is 743. The lowest BCUT2D eigenvalue weighted by Crippen LogP contribution is -2.31. The molecule has 0 amide bonds. The van der Waals surface area contributed by atoms with Crippen LogP contribution in [0.15, 0.2) is 59.5 Å². The number of alkyl halides is 3. The van der Waals surface area contributed by atoms with Gasteiger partial charge < -0.3 is 0 Å². The summed E-state index contributed by atoms with van der Waals surface area (Å²) in [5.74, 6) is 0. The molecule has 0 atom stereocenters. The number of nitrogens with zero attached hydrogens (tertiary/aromatic N) is 1. The molecule has 0 saturated carbocycles. The first-order valence-corrected chi connectivity index (χ1v) is 7.96. The molecule has 0 fully saturated rings. The fourth-order valence-corrected chi connectivity index (χ4v) is 3.53. The lowest BCUT2D eigenvalue weighted by Gasteiger charge is -2.23. The van der Waals surface area contributed by atoms with Gasteiger partial charge in [0.05, 0.1) is 16.1 Å². The predicted octanol–water partition coefficient (Wildman–Crippen LogP) is 3.92. The highest BCUT2D eigenvalue weighted by Gasteiger charge is 2.32. The molecule has 0 heterocycles. The van der Waals surface area contributed by atoms with Crippen molar-refractivity contribution in [3.8, 4) is 0 Å². The maximum absolute atomic E-state index is 12.8. The molecule has 0 aliphatic heterocycles. The first-order chi connectivity index (χ1) is 10.3. The molecule has 3 nitrogen and oxygen atoms in total. The van der Waals surface area contributed by atoms with Gasteiger partial charge in [0, 0.05) is 6.54 Å². The molecule has 0 spiro atoms. The van der Waals surface area contributed by atoms with Crippen LogP contribution in [0.3, 0.4) is 0 Å². The fourth-order valence-electron chi connectivity index (χ4n) is 2.05. The van der Waals surface area contributed by atoms with E-state index < -0.39 is 21.8 Å². The van der Waals surface area contributed by atoms with Crippen molar-refractivity contribution < 1.29 is 21.6 Å². The van der Waals surface area contributed by atoms with Crippen molar-refractivity contribution in [1.29, 1.82) is 0 Å². The number of rotatable bonds is 4. The van der Waals surface area contributed by atoms with Crippen LogP contribution < -0.4 is 4.31 Å². The van der Waals surface area contributed by atoms with Crippen LogP contribution in [-0.2, 0) is 16.2 Å². The van der Waals surface area contributed by atoms with Crippen molar-refractivity contribution in [1.82, 2.24) is 0 Å². The minimum absolute atomic E-state index is 0.0128. The summed E-state index contributed by atoms with van der Waals surface area (Å²) in [7, 11) is -3.90. The maximum Gasteiger partial charge on any atom is 0.416 e. The lowest BCUT2D eigenvalue weighted by atomic mass is 10.2. The summed E-state index contributed by atoms with van der Waals surface area (Å²) in [5.41, 5.74) is -0.895. The minimum Gasteiger partial charge on any atom is -0.267 e. The van der Waals surface area contributed by atoms with E-state index in [0.717, 1.165) is 16.4 Å². The molecule has 2 rings (SSSR count). The molecule has 0 unspecified atom stereocenters. The monoisotopic (exact) mass is 329 g/mol. The average Bonchev–Trinajstić information content (AvgIpc) is 2.48. The zero-order valence-corrected chi connectivity index (χ0v) is 12.5. The Morgan fingerprint density at radius 3 is 2.18 bits per heavy atom. The van der Waals surface area contributed by atoms with Crippen LogP contribution in [0, 0.1) is 0 Å². The molecule has 0 bridgehead atoms. The summed E-state index contributed by atoms with van der Waals surface area (Å²) in [6.45, 7) is 1.60. The smallest absolute Gasteiger partial charge is 0.267 e. The lowest BCUT2D eigenvalue weighted by molar-refractivity contribution is -0.137. The summed E-state index contributed by atoms with van der Waals surface area (Å²) in [6.07, 6.45) is -4.52. The quantitative estimate of drug-likeness (QED) is 0.852. The second-order valence-electron chi connectivity index (χ2n) is 4.53. The van der Waals surface area contributed by atoms with Gasteiger partial charge in [0.1, 0.15) is 0 Å². The van der Waals surface area contributed by atoms with Crippen LogP contribution in [0.2, 0.25) is 0 Å². The van der Waals surface area contributed by atoms with Crippen LogP contribution in [0.25, 0.3) is 0 Å². The third kappa shape index (κ3) is 3.24. The van der Waals surface area contributed by atoms with Gasteiger partial charge in [-0.25, -0.2) is 8.42 Å². The van der Waals surface area contributed by atoms with E-state index >= 15 is 0 Å². The molecule has 0 aromatic heterocycles. The molecule has 22 heavy (non-hydrogen) atoms. The summed E-state index contributed by atoms with van der Waals surface area (Å²) < 4.78 is 64.5. The molecule has 7 heteroatoms. The third-order valence-electron chi connectivity index (χ3n) is 3.08. The molecule has 2 aromatic carbocycles. The second kappa shape index (κ2) is 6.00. The fraction of sp³-hybridized carbons (Fsp3) is 0.200. The van der Waals surface area contributed by atoms with Gasteiger partial charge in [0.15, 0.2) is 0 Å². The van der Waals surface area contributed by atoms with Gasteiger partial charge in [-0.2, -0.15) is 13.2 Å². The highest BCUT2D eigenvalue weighted by molar-refractivity contribution is 7.92. The Morgan fingerprint density at radius 1 is 1.00 bits per heavy atom. The van der Waals surface area contributed by atoms with E-state index in [4.69, 9.17) is 0 Å². The highest BCUT2D eigenvalue weighted by atomic mass is 32.2. The third-order valence-corrected chi connectivity index (χ3v) is 5.00. The summed E-state index contributed by atoms with van der Waals surface area (Å²) in [4.78, 5) is 0.0364. The Balaban J connectivity index is 2.49. The Labute approximate surface area is 127 Å². The number of halogens is 3. The van der Waals surface area contributed by atoms with E-state index in [1.54, 1.807) is 25.1 Å². The van der Waals surface area contributed by atoms with Crippen LogP contribution in [-0.4, -0.2) is 15.0 Å². The van der Waals surface area contributed by atoms with Gasteiger partial charge in [0.2, 0.25) is 0 Å². The van der Waals surface area contributed by atoms with E-state index in [-0.39, 0.29) is 17.1 Å². The van der Waals surface area contributed by atoms with E-state index in [0.29, 0.717) is 0 Å². The van der Waals surface area contributed by atoms with Crippen molar-refractivity contribution in [2.45, 2.75) is 18.0 Å². The van der Waals surface area contributed by atoms with Gasteiger partial charge in [-0.05, 0) is 37.3 Å². The molecule has 2 aromatic rings. The number of benzene rings is 2. The number of hydrogen-bond acceptors (Lipinski definition) is 2. The van der Waals surface area contributed by atoms with Crippen LogP contribution >= 0.6 is 0 Å². The van der Waals surface area contributed by atoms with Gasteiger partial charge in [-0.3, -0.25) is 4.31 Å². The molecular weight excluding hydrogens is 315 g/mol. The first kappa shape index (κ1) is 16.4. The zero-order valence-electron chi connectivity index (χ0n) is 11.7. The van der Waals surface area contributed by atoms with Gasteiger partial charge in [0.25, 0.3) is 10.0 Å². The largest absolute Gasteiger partial charge is 0.416 e. The molecular formula is C15H14F3NO2S. The molecule has 0 aliphatic carbocycles. The summed E-state index contributed by atoms with van der Waals surface area (Å²) >= 11 is 0. The van der Waals surface area contributed by atoms with E-state index in [1.165, 1.54) is 24.3 Å². The molecule has 0 N–H and O–H groups in total. The normalized spacial score (nSPS) is 12.2. The van der Waals surface area contributed by atoms with Crippen molar-refractivity contribution in [3.63, 3.8) is 0 Å². The van der Waals surface area contributed by atoms with Gasteiger partial charge >= 0.3 is 6.18 Å². The SMILES string of the molecule is CCN(c1cccc(C(F)(F)F)c1)S(=O)(=O)c1ccccc1. The Kier molecular flexibility index (Phi) is 4.46. The maximum atomic E-state index is 12.8. The zero-order chi connectivity index (χ0) is 16.4. The summed E-state index contributed by atoms with van der Waals surface area (Å²) in [5, 5.41) is 0. The van der Waals surface area contributed by atoms with Crippen molar-refractivity contribution in [2.75, 3.05) is 10.8 Å². The number of hydrogen-bond donors (Lipinski definition) is 0. The topological polar surface area (TPSA) is 37.4 Å². The van der Waals surface area contributed by atoms with E-state index in [9.17, 15) is 21.6 Å². The predicted molar refractivity (Wildman–Crippen MR) is 78.1 cm³/mol. The molecule has 118 valence electrons. The van der Waals surface area contributed by atoms with Crippen LogP contribution in [0.4, 0.5) is 18.9 Å². The molecule has 0 aliphatic rings. The average molecular weight is 329 g/mol. The van der Waals surface area contributed by atoms with E-state index in [1.807, 2.05) is 0 Å². The van der Waals surface area contributed by atoms with Crippen LogP contribution in [0.1, 0.15) is 12.5 Å². The van der Waals surface area contributed by atoms with Gasteiger partial charge in [-0.15, -0.1) is 0 Å². The summed E-state index contributed by atoms with van der Waals surface area (Å²) in [6, 6.07) is 11.9. The van der Waals surface area contributed by atoms with E-state index in [2.05, 4.69) is 0 Å². The second-order valence-corrected chi connectivity index (χ2v) is 6.39. The first-order valence-electron chi connectivity index (χ1n) is 6.52. The Morgan fingerprint density at radius 2 is 1.64 bits per heavy atom. The molecule has 0 saturated heterocycles. The van der Waals surface area contributed by atoms with Crippen molar-refractivity contribution >= 4 is 15.7 Å². The number of sulfonamides is 1. The standard InChI is InChI=1S/C15H14F3NO2S/c1-2-19(22(20,21)14-9-4-3-5-10-14)13-8-6-7-12(11-13)15(16,17)18/h3-11H,2H2,1H3. The Hall–Kier alpha value is -2.02. The number of anilines is 1. The van der Waals surface area contributed by atoms with Gasteiger partial charge in [-0.1, -0.05) is 24.3 Å². The van der Waals surface area contributed by atoms with Crippen molar-refractivity contribution in [2.24, 2.45) is 0 Å². The highest BCUT2D eigenvalue weighted by Crippen LogP contribution is 2.33. The van der Waals surface area contributed by atoms with Crippen LogP contribution in [0.5, 0.6) is 0 Å². The van der Waals surface area contributed by atoms with Crippen molar-refractivity contribution in [3.05, 3.63) is 60.2 Å². The minimum atomic E-state index is -4.52. The molecule has 0 radical (unpaired) electrons.